The zero-order chi connectivity index (χ0) is 16.6. The standard InChI is InChI=1S/C18H21ClN2O2/c1-11-8-12(2)10-21(9-11)18(22)16-13(3)23-20-17(16)14-6-4-5-7-15(14)19/h4-7,11-12H,8-10H2,1-3H3/t11-,12-/m1/s1. The topological polar surface area (TPSA) is 46.3 Å². The predicted octanol–water partition coefficient (Wildman–Crippen LogP) is 4.42. The number of likely N-dealkylation sites (tertiary alicyclic amines) is 1. The molecule has 1 fully saturated rings. The van der Waals surface area contributed by atoms with Crippen molar-refractivity contribution in [1.82, 2.24) is 10.1 Å². The maximum Gasteiger partial charge on any atom is 0.259 e. The third kappa shape index (κ3) is 3.13. The van der Waals surface area contributed by atoms with E-state index in [0.717, 1.165) is 25.1 Å². The van der Waals surface area contributed by atoms with Crippen molar-refractivity contribution in [3.8, 4) is 11.3 Å². The second-order valence-electron chi connectivity index (χ2n) is 6.60. The van der Waals surface area contributed by atoms with Gasteiger partial charge in [-0.05, 0) is 31.2 Å². The Bertz CT molecular complexity index is 716. The van der Waals surface area contributed by atoms with E-state index in [4.69, 9.17) is 16.1 Å². The van der Waals surface area contributed by atoms with Gasteiger partial charge in [-0.3, -0.25) is 4.79 Å². The third-order valence-electron chi connectivity index (χ3n) is 4.36. The molecule has 0 aliphatic carbocycles. The zero-order valence-corrected chi connectivity index (χ0v) is 14.4. The minimum atomic E-state index is -0.0166. The molecule has 0 spiro atoms. The largest absolute Gasteiger partial charge is 0.360 e. The van der Waals surface area contributed by atoms with Gasteiger partial charge < -0.3 is 9.42 Å². The SMILES string of the molecule is Cc1onc(-c2ccccc2Cl)c1C(=O)N1C[C@H](C)C[C@@H](C)C1. The van der Waals surface area contributed by atoms with Gasteiger partial charge in [0.2, 0.25) is 0 Å². The molecule has 122 valence electrons. The average Bonchev–Trinajstić information content (AvgIpc) is 2.87. The van der Waals surface area contributed by atoms with Gasteiger partial charge in [-0.25, -0.2) is 0 Å². The minimum Gasteiger partial charge on any atom is -0.360 e. The fourth-order valence-corrected chi connectivity index (χ4v) is 3.67. The highest BCUT2D eigenvalue weighted by atomic mass is 35.5. The van der Waals surface area contributed by atoms with Crippen LogP contribution in [0.4, 0.5) is 0 Å². The number of nitrogens with zero attached hydrogens (tertiary/aromatic N) is 2. The highest BCUT2D eigenvalue weighted by molar-refractivity contribution is 6.33. The number of hydrogen-bond donors (Lipinski definition) is 0. The van der Waals surface area contributed by atoms with Crippen molar-refractivity contribution in [3.05, 3.63) is 40.6 Å². The van der Waals surface area contributed by atoms with E-state index in [1.807, 2.05) is 23.1 Å². The summed E-state index contributed by atoms with van der Waals surface area (Å²) in [6.45, 7) is 7.69. The van der Waals surface area contributed by atoms with Gasteiger partial charge in [-0.15, -0.1) is 0 Å². The first kappa shape index (κ1) is 16.1. The van der Waals surface area contributed by atoms with Gasteiger partial charge in [0.15, 0.2) is 0 Å². The summed E-state index contributed by atoms with van der Waals surface area (Å²) in [5, 5.41) is 4.66. The van der Waals surface area contributed by atoms with Crippen molar-refractivity contribution in [3.63, 3.8) is 0 Å². The van der Waals surface area contributed by atoms with Crippen LogP contribution >= 0.6 is 11.6 Å². The maximum absolute atomic E-state index is 13.1. The van der Waals surface area contributed by atoms with E-state index < -0.39 is 0 Å². The van der Waals surface area contributed by atoms with E-state index >= 15 is 0 Å². The Morgan fingerprint density at radius 1 is 1.26 bits per heavy atom. The number of benzene rings is 1. The van der Waals surface area contributed by atoms with Crippen molar-refractivity contribution in [2.75, 3.05) is 13.1 Å². The fraction of sp³-hybridized carbons (Fsp3) is 0.444. The second-order valence-corrected chi connectivity index (χ2v) is 7.01. The first-order valence-electron chi connectivity index (χ1n) is 7.97. The van der Waals surface area contributed by atoms with Gasteiger partial charge in [-0.1, -0.05) is 48.8 Å². The van der Waals surface area contributed by atoms with E-state index in [-0.39, 0.29) is 5.91 Å². The molecule has 0 N–H and O–H groups in total. The molecule has 3 rings (SSSR count). The minimum absolute atomic E-state index is 0.0166. The summed E-state index contributed by atoms with van der Waals surface area (Å²) in [6, 6.07) is 7.39. The lowest BCUT2D eigenvalue weighted by molar-refractivity contribution is 0.0622. The summed E-state index contributed by atoms with van der Waals surface area (Å²) in [4.78, 5) is 15.0. The Morgan fingerprint density at radius 2 is 1.91 bits per heavy atom. The number of amides is 1. The number of carbonyl (C=O) groups excluding carboxylic acids is 1. The number of rotatable bonds is 2. The second kappa shape index (κ2) is 6.36. The van der Waals surface area contributed by atoms with Crippen LogP contribution in [0.15, 0.2) is 28.8 Å². The van der Waals surface area contributed by atoms with Crippen LogP contribution in [0.5, 0.6) is 0 Å². The Balaban J connectivity index is 1.99. The molecule has 0 unspecified atom stereocenters. The van der Waals surface area contributed by atoms with Crippen LogP contribution in [0.25, 0.3) is 11.3 Å². The van der Waals surface area contributed by atoms with Crippen molar-refractivity contribution >= 4 is 17.5 Å². The third-order valence-corrected chi connectivity index (χ3v) is 4.69. The molecule has 1 aliphatic heterocycles. The molecule has 1 saturated heterocycles. The molecule has 23 heavy (non-hydrogen) atoms. The van der Waals surface area contributed by atoms with Gasteiger partial charge in [-0.2, -0.15) is 0 Å². The molecule has 4 nitrogen and oxygen atoms in total. The van der Waals surface area contributed by atoms with E-state index in [9.17, 15) is 4.79 Å². The summed E-state index contributed by atoms with van der Waals surface area (Å²) < 4.78 is 5.31. The lowest BCUT2D eigenvalue weighted by atomic mass is 9.91. The molecule has 2 aromatic rings. The Kier molecular flexibility index (Phi) is 4.44. The van der Waals surface area contributed by atoms with Crippen molar-refractivity contribution < 1.29 is 9.32 Å². The number of carbonyl (C=O) groups is 1. The van der Waals surface area contributed by atoms with Gasteiger partial charge in [0, 0.05) is 18.7 Å². The van der Waals surface area contributed by atoms with Crippen LogP contribution in [-0.2, 0) is 0 Å². The predicted molar refractivity (Wildman–Crippen MR) is 90.5 cm³/mol. The maximum atomic E-state index is 13.1. The summed E-state index contributed by atoms with van der Waals surface area (Å²) in [5.41, 5.74) is 1.79. The Labute approximate surface area is 141 Å². The molecular weight excluding hydrogens is 312 g/mol. The molecule has 5 heteroatoms. The summed E-state index contributed by atoms with van der Waals surface area (Å²) in [7, 11) is 0. The first-order valence-corrected chi connectivity index (χ1v) is 8.35. The first-order chi connectivity index (χ1) is 11.0. The van der Waals surface area contributed by atoms with E-state index in [2.05, 4.69) is 19.0 Å². The van der Waals surface area contributed by atoms with Crippen LogP contribution in [0.2, 0.25) is 5.02 Å². The van der Waals surface area contributed by atoms with E-state index in [1.54, 1.807) is 13.0 Å². The summed E-state index contributed by atoms with van der Waals surface area (Å²) in [5.74, 6) is 1.53. The van der Waals surface area contributed by atoms with Crippen molar-refractivity contribution in [2.45, 2.75) is 27.2 Å². The van der Waals surface area contributed by atoms with Crippen molar-refractivity contribution in [1.29, 1.82) is 0 Å². The molecule has 2 heterocycles. The van der Waals surface area contributed by atoms with Crippen LogP contribution in [0, 0.1) is 18.8 Å². The van der Waals surface area contributed by atoms with Crippen LogP contribution in [0.3, 0.4) is 0 Å². The van der Waals surface area contributed by atoms with Gasteiger partial charge in [0.1, 0.15) is 17.0 Å². The van der Waals surface area contributed by atoms with Gasteiger partial charge in [0.05, 0.1) is 5.02 Å². The molecule has 1 aliphatic rings. The normalized spacial score (nSPS) is 21.5. The molecule has 0 saturated carbocycles. The molecule has 0 bridgehead atoms. The smallest absolute Gasteiger partial charge is 0.259 e. The van der Waals surface area contributed by atoms with Gasteiger partial charge in [0.25, 0.3) is 5.91 Å². The number of piperidine rings is 1. The molecule has 1 aromatic heterocycles. The molecule has 0 radical (unpaired) electrons. The van der Waals surface area contributed by atoms with E-state index in [1.165, 1.54) is 0 Å². The highest BCUT2D eigenvalue weighted by Gasteiger charge is 2.31. The lowest BCUT2D eigenvalue weighted by Gasteiger charge is -2.35. The van der Waals surface area contributed by atoms with E-state index in [0.29, 0.717) is 33.9 Å². The number of halogens is 1. The average molecular weight is 333 g/mol. The van der Waals surface area contributed by atoms with Crippen LogP contribution in [0.1, 0.15) is 36.4 Å². The van der Waals surface area contributed by atoms with Crippen LogP contribution in [-0.4, -0.2) is 29.1 Å². The van der Waals surface area contributed by atoms with Gasteiger partial charge >= 0.3 is 0 Å². The number of hydrogen-bond acceptors (Lipinski definition) is 3. The highest BCUT2D eigenvalue weighted by Crippen LogP contribution is 2.32. The number of aryl methyl sites for hydroxylation is 1. The Morgan fingerprint density at radius 3 is 2.57 bits per heavy atom. The number of aromatic nitrogens is 1. The Hall–Kier alpha value is -1.81. The summed E-state index contributed by atoms with van der Waals surface area (Å²) >= 11 is 6.27. The molecular formula is C18H21ClN2O2. The monoisotopic (exact) mass is 332 g/mol. The molecule has 1 aromatic carbocycles. The fourth-order valence-electron chi connectivity index (χ4n) is 3.45. The van der Waals surface area contributed by atoms with Crippen LogP contribution < -0.4 is 0 Å². The molecule has 2 atom stereocenters. The quantitative estimate of drug-likeness (QED) is 0.817. The lowest BCUT2D eigenvalue weighted by Crippen LogP contribution is -2.42. The van der Waals surface area contributed by atoms with Crippen molar-refractivity contribution in [2.24, 2.45) is 11.8 Å². The zero-order valence-electron chi connectivity index (χ0n) is 13.7. The summed E-state index contributed by atoms with van der Waals surface area (Å²) in [6.07, 6.45) is 1.16. The molecule has 1 amide bonds.